The Bertz CT molecular complexity index is 1070. The SMILES string of the molecule is Cc1cc2cc(NC(=O)c3csc(-c4ccc(Cl)cc4)n3)ccc2[nH]1. The van der Waals surface area contributed by atoms with Gasteiger partial charge in [0, 0.05) is 38.3 Å². The first-order chi connectivity index (χ1) is 12.1. The van der Waals surface area contributed by atoms with Gasteiger partial charge in [-0.15, -0.1) is 11.3 Å². The number of hydrogen-bond acceptors (Lipinski definition) is 3. The molecule has 0 unspecified atom stereocenters. The molecule has 2 N–H and O–H groups in total. The highest BCUT2D eigenvalue weighted by molar-refractivity contribution is 7.13. The van der Waals surface area contributed by atoms with Crippen molar-refractivity contribution < 1.29 is 4.79 Å². The number of carbonyl (C=O) groups is 1. The van der Waals surface area contributed by atoms with Crippen molar-refractivity contribution in [2.45, 2.75) is 6.92 Å². The highest BCUT2D eigenvalue weighted by atomic mass is 35.5. The van der Waals surface area contributed by atoms with Crippen LogP contribution < -0.4 is 5.32 Å². The molecule has 6 heteroatoms. The minimum atomic E-state index is -0.219. The van der Waals surface area contributed by atoms with E-state index >= 15 is 0 Å². The van der Waals surface area contributed by atoms with E-state index in [1.165, 1.54) is 11.3 Å². The van der Waals surface area contributed by atoms with Gasteiger partial charge in [0.2, 0.25) is 0 Å². The quantitative estimate of drug-likeness (QED) is 0.502. The van der Waals surface area contributed by atoms with E-state index in [0.717, 1.165) is 32.9 Å². The van der Waals surface area contributed by atoms with Gasteiger partial charge in [0.15, 0.2) is 0 Å². The zero-order chi connectivity index (χ0) is 17.4. The summed E-state index contributed by atoms with van der Waals surface area (Å²) in [4.78, 5) is 20.2. The number of fused-ring (bicyclic) bond motifs is 1. The molecule has 4 nitrogen and oxygen atoms in total. The number of anilines is 1. The van der Waals surface area contributed by atoms with Crippen LogP contribution in [0.15, 0.2) is 53.9 Å². The van der Waals surface area contributed by atoms with Crippen molar-refractivity contribution in [3.8, 4) is 10.6 Å². The molecule has 0 saturated heterocycles. The van der Waals surface area contributed by atoms with Crippen LogP contribution in [0.2, 0.25) is 5.02 Å². The van der Waals surface area contributed by atoms with Crippen molar-refractivity contribution >= 4 is 45.4 Å². The molecule has 0 atom stereocenters. The summed E-state index contributed by atoms with van der Waals surface area (Å²) in [5.41, 5.74) is 4.23. The third-order valence-corrected chi connectivity index (χ3v) is 4.98. The van der Waals surface area contributed by atoms with Gasteiger partial charge < -0.3 is 10.3 Å². The summed E-state index contributed by atoms with van der Waals surface area (Å²) in [6.07, 6.45) is 0. The first-order valence-electron chi connectivity index (χ1n) is 7.71. The van der Waals surface area contributed by atoms with Crippen molar-refractivity contribution in [2.75, 3.05) is 5.32 Å². The Balaban J connectivity index is 1.55. The molecule has 4 aromatic rings. The zero-order valence-electron chi connectivity index (χ0n) is 13.3. The molecule has 25 heavy (non-hydrogen) atoms. The number of hydrogen-bond donors (Lipinski definition) is 2. The molecule has 2 heterocycles. The summed E-state index contributed by atoms with van der Waals surface area (Å²) in [6.45, 7) is 2.01. The van der Waals surface area contributed by atoms with Crippen LogP contribution in [0.5, 0.6) is 0 Å². The molecule has 0 aliphatic rings. The molecule has 2 aromatic carbocycles. The Morgan fingerprint density at radius 2 is 1.96 bits per heavy atom. The Hall–Kier alpha value is -2.63. The van der Waals surface area contributed by atoms with E-state index in [0.29, 0.717) is 10.7 Å². The van der Waals surface area contributed by atoms with E-state index in [9.17, 15) is 4.79 Å². The van der Waals surface area contributed by atoms with Crippen LogP contribution in [-0.4, -0.2) is 15.9 Å². The van der Waals surface area contributed by atoms with Crippen LogP contribution in [0, 0.1) is 6.92 Å². The second-order valence-corrected chi connectivity index (χ2v) is 7.05. The molecule has 2 aromatic heterocycles. The van der Waals surface area contributed by atoms with Gasteiger partial charge in [0.25, 0.3) is 5.91 Å². The van der Waals surface area contributed by atoms with Gasteiger partial charge in [-0.1, -0.05) is 23.7 Å². The lowest BCUT2D eigenvalue weighted by Crippen LogP contribution is -2.12. The molecular formula is C19H14ClN3OS. The number of H-pyrrole nitrogens is 1. The summed E-state index contributed by atoms with van der Waals surface area (Å²) < 4.78 is 0. The molecule has 0 aliphatic carbocycles. The lowest BCUT2D eigenvalue weighted by atomic mass is 10.2. The van der Waals surface area contributed by atoms with Gasteiger partial charge in [-0.25, -0.2) is 4.98 Å². The predicted octanol–water partition coefficient (Wildman–Crippen LogP) is 5.51. The Labute approximate surface area is 153 Å². The Morgan fingerprint density at radius 1 is 1.16 bits per heavy atom. The topological polar surface area (TPSA) is 57.8 Å². The maximum Gasteiger partial charge on any atom is 0.275 e. The standard InChI is InChI=1S/C19H14ClN3OS/c1-11-8-13-9-15(6-7-16(13)21-11)22-18(24)17-10-25-19(23-17)12-2-4-14(20)5-3-12/h2-10,21H,1H3,(H,22,24). The van der Waals surface area contributed by atoms with Gasteiger partial charge in [0.05, 0.1) is 0 Å². The normalized spacial score (nSPS) is 11.0. The average molecular weight is 368 g/mol. The van der Waals surface area contributed by atoms with E-state index in [-0.39, 0.29) is 5.91 Å². The maximum absolute atomic E-state index is 12.5. The van der Waals surface area contributed by atoms with E-state index < -0.39 is 0 Å². The number of aromatic amines is 1. The first-order valence-corrected chi connectivity index (χ1v) is 8.96. The fourth-order valence-electron chi connectivity index (χ4n) is 2.65. The molecule has 1 amide bonds. The number of aromatic nitrogens is 2. The van der Waals surface area contributed by atoms with Crippen molar-refractivity contribution in [3.05, 3.63) is 70.3 Å². The number of thiazole rings is 1. The van der Waals surface area contributed by atoms with Crippen LogP contribution in [0.4, 0.5) is 5.69 Å². The van der Waals surface area contributed by atoms with E-state index in [1.807, 2.05) is 55.5 Å². The number of nitrogens with one attached hydrogen (secondary N) is 2. The minimum Gasteiger partial charge on any atom is -0.359 e. The van der Waals surface area contributed by atoms with Crippen LogP contribution in [-0.2, 0) is 0 Å². The molecule has 0 spiro atoms. The lowest BCUT2D eigenvalue weighted by Gasteiger charge is -2.03. The van der Waals surface area contributed by atoms with Crippen LogP contribution in [0.25, 0.3) is 21.5 Å². The summed E-state index contributed by atoms with van der Waals surface area (Å²) >= 11 is 7.34. The van der Waals surface area contributed by atoms with Gasteiger partial charge in [-0.3, -0.25) is 4.79 Å². The van der Waals surface area contributed by atoms with E-state index in [1.54, 1.807) is 5.38 Å². The van der Waals surface area contributed by atoms with Crippen LogP contribution in [0.3, 0.4) is 0 Å². The molecule has 0 saturated carbocycles. The van der Waals surface area contributed by atoms with Gasteiger partial charge in [0.1, 0.15) is 10.7 Å². The largest absolute Gasteiger partial charge is 0.359 e. The molecule has 0 bridgehead atoms. The Kier molecular flexibility index (Phi) is 4.03. The maximum atomic E-state index is 12.5. The number of nitrogens with zero attached hydrogens (tertiary/aromatic N) is 1. The second kappa shape index (κ2) is 6.35. The summed E-state index contributed by atoms with van der Waals surface area (Å²) in [7, 11) is 0. The fourth-order valence-corrected chi connectivity index (χ4v) is 3.59. The van der Waals surface area contributed by atoms with Crippen molar-refractivity contribution in [2.24, 2.45) is 0 Å². The highest BCUT2D eigenvalue weighted by Gasteiger charge is 2.12. The molecular weight excluding hydrogens is 354 g/mol. The number of benzene rings is 2. The van der Waals surface area contributed by atoms with Gasteiger partial charge in [-0.2, -0.15) is 0 Å². The molecule has 124 valence electrons. The third-order valence-electron chi connectivity index (χ3n) is 3.84. The van der Waals surface area contributed by atoms with Gasteiger partial charge >= 0.3 is 0 Å². The van der Waals surface area contributed by atoms with E-state index in [4.69, 9.17) is 11.6 Å². The summed E-state index contributed by atoms with van der Waals surface area (Å²) in [5, 5.41) is 7.20. The zero-order valence-corrected chi connectivity index (χ0v) is 14.9. The number of rotatable bonds is 3. The molecule has 0 fully saturated rings. The van der Waals surface area contributed by atoms with Crippen LogP contribution in [0.1, 0.15) is 16.2 Å². The summed E-state index contributed by atoms with van der Waals surface area (Å²) in [5.74, 6) is -0.219. The molecule has 0 aliphatic heterocycles. The minimum absolute atomic E-state index is 0.219. The predicted molar refractivity (Wildman–Crippen MR) is 104 cm³/mol. The third kappa shape index (κ3) is 3.29. The Morgan fingerprint density at radius 3 is 2.76 bits per heavy atom. The fraction of sp³-hybridized carbons (Fsp3) is 0.0526. The molecule has 0 radical (unpaired) electrons. The number of amides is 1. The van der Waals surface area contributed by atoms with Gasteiger partial charge in [-0.05, 0) is 43.3 Å². The van der Waals surface area contributed by atoms with E-state index in [2.05, 4.69) is 15.3 Å². The number of carbonyl (C=O) groups excluding carboxylic acids is 1. The second-order valence-electron chi connectivity index (χ2n) is 5.75. The van der Waals surface area contributed by atoms with Crippen molar-refractivity contribution in [1.82, 2.24) is 9.97 Å². The van der Waals surface area contributed by atoms with Crippen molar-refractivity contribution in [1.29, 1.82) is 0 Å². The molecule has 4 rings (SSSR count). The van der Waals surface area contributed by atoms with Crippen molar-refractivity contribution in [3.63, 3.8) is 0 Å². The van der Waals surface area contributed by atoms with Crippen LogP contribution >= 0.6 is 22.9 Å². The number of halogens is 1. The monoisotopic (exact) mass is 367 g/mol. The first kappa shape index (κ1) is 15.9. The highest BCUT2D eigenvalue weighted by Crippen LogP contribution is 2.26. The number of aryl methyl sites for hydroxylation is 1. The average Bonchev–Trinajstić information content (AvgIpc) is 3.21. The summed E-state index contributed by atoms with van der Waals surface area (Å²) in [6, 6.07) is 15.2. The smallest absolute Gasteiger partial charge is 0.275 e. The lowest BCUT2D eigenvalue weighted by molar-refractivity contribution is 0.102.